The van der Waals surface area contributed by atoms with Crippen LogP contribution in [0.2, 0.25) is 0 Å². The van der Waals surface area contributed by atoms with Gasteiger partial charge in [-0.25, -0.2) is 4.98 Å². The van der Waals surface area contributed by atoms with Crippen LogP contribution in [0.3, 0.4) is 0 Å². The minimum absolute atomic E-state index is 0.0485. The number of halogens is 1. The van der Waals surface area contributed by atoms with Crippen molar-refractivity contribution in [3.63, 3.8) is 0 Å². The van der Waals surface area contributed by atoms with Crippen LogP contribution < -0.4 is 10.9 Å². The van der Waals surface area contributed by atoms with Gasteiger partial charge in [0.2, 0.25) is 0 Å². The number of carbonyl (C=O) groups excluding carboxylic acids is 1. The molecular formula is C35H36BrN5O2S. The Hall–Kier alpha value is -3.82. The highest BCUT2D eigenvalue weighted by molar-refractivity contribution is 9.10. The first-order valence-corrected chi connectivity index (χ1v) is 16.8. The van der Waals surface area contributed by atoms with Crippen LogP contribution in [0.5, 0.6) is 0 Å². The number of aromatic nitrogens is 3. The van der Waals surface area contributed by atoms with Gasteiger partial charge in [0.15, 0.2) is 0 Å². The van der Waals surface area contributed by atoms with E-state index in [2.05, 4.69) is 52.7 Å². The highest BCUT2D eigenvalue weighted by Crippen LogP contribution is 2.39. The van der Waals surface area contributed by atoms with Crippen LogP contribution in [-0.2, 0) is 12.8 Å². The molecule has 5 aromatic rings. The molecule has 0 saturated carbocycles. The zero-order valence-corrected chi connectivity index (χ0v) is 28.1. The van der Waals surface area contributed by atoms with Gasteiger partial charge in [-0.15, -0.1) is 11.3 Å². The molecule has 1 amide bonds. The van der Waals surface area contributed by atoms with E-state index in [9.17, 15) is 9.59 Å². The Balaban J connectivity index is 1.43. The summed E-state index contributed by atoms with van der Waals surface area (Å²) in [5.41, 5.74) is 7.18. The van der Waals surface area contributed by atoms with Gasteiger partial charge in [0.1, 0.15) is 10.8 Å². The van der Waals surface area contributed by atoms with Crippen LogP contribution in [0.1, 0.15) is 88.2 Å². The van der Waals surface area contributed by atoms with E-state index in [1.807, 2.05) is 50.2 Å². The first-order chi connectivity index (χ1) is 21.2. The fourth-order valence-electron chi connectivity index (χ4n) is 5.90. The number of aryl methyl sites for hydroxylation is 3. The summed E-state index contributed by atoms with van der Waals surface area (Å²) in [5, 5.41) is 9.33. The number of nitrogens with zero attached hydrogens (tertiary/aromatic N) is 4. The van der Waals surface area contributed by atoms with E-state index in [1.165, 1.54) is 15.1 Å². The number of carbonyl (C=O) groups is 1. The quantitative estimate of drug-likeness (QED) is 0.177. The molecule has 1 aliphatic rings. The van der Waals surface area contributed by atoms with E-state index in [0.29, 0.717) is 16.7 Å². The first-order valence-electron chi connectivity index (χ1n) is 15.1. The third-order valence-corrected chi connectivity index (χ3v) is 10.3. The van der Waals surface area contributed by atoms with Crippen molar-refractivity contribution >= 4 is 56.0 Å². The zero-order valence-electron chi connectivity index (χ0n) is 25.7. The zero-order chi connectivity index (χ0) is 31.1. The number of rotatable bonds is 7. The van der Waals surface area contributed by atoms with Crippen molar-refractivity contribution < 1.29 is 4.79 Å². The predicted molar refractivity (Wildman–Crippen MR) is 184 cm³/mol. The molecule has 7 nitrogen and oxygen atoms in total. The molecule has 1 aliphatic carbocycles. The minimum Gasteiger partial charge on any atom is -0.322 e. The third kappa shape index (κ3) is 5.59. The number of amides is 1. The molecule has 0 spiro atoms. The van der Waals surface area contributed by atoms with Gasteiger partial charge in [0.25, 0.3) is 11.5 Å². The Morgan fingerprint density at radius 1 is 1.11 bits per heavy atom. The average Bonchev–Trinajstić information content (AvgIpc) is 3.53. The number of anilines is 1. The second-order valence-electron chi connectivity index (χ2n) is 11.7. The number of hydrogen-bond acceptors (Lipinski definition) is 5. The maximum atomic E-state index is 13.9. The third-order valence-electron chi connectivity index (χ3n) is 8.56. The summed E-state index contributed by atoms with van der Waals surface area (Å²) in [4.78, 5) is 33.7. The predicted octanol–water partition coefficient (Wildman–Crippen LogP) is 8.46. The molecule has 0 aliphatic heterocycles. The lowest BCUT2D eigenvalue weighted by Gasteiger charge is -2.15. The summed E-state index contributed by atoms with van der Waals surface area (Å²) in [5.74, 6) is 0.606. The van der Waals surface area contributed by atoms with Crippen LogP contribution >= 0.6 is 27.3 Å². The van der Waals surface area contributed by atoms with E-state index >= 15 is 0 Å². The molecule has 0 bridgehead atoms. The van der Waals surface area contributed by atoms with Gasteiger partial charge in [0, 0.05) is 37.9 Å². The lowest BCUT2D eigenvalue weighted by atomic mass is 9.95. The van der Waals surface area contributed by atoms with E-state index in [0.717, 1.165) is 75.3 Å². The van der Waals surface area contributed by atoms with E-state index in [1.54, 1.807) is 23.6 Å². The lowest BCUT2D eigenvalue weighted by Crippen LogP contribution is -2.23. The molecule has 9 heteroatoms. The van der Waals surface area contributed by atoms with E-state index in [4.69, 9.17) is 10.1 Å². The molecular weight excluding hydrogens is 634 g/mol. The van der Waals surface area contributed by atoms with Gasteiger partial charge in [-0.3, -0.25) is 9.59 Å². The topological polar surface area (TPSA) is 81.3 Å². The largest absolute Gasteiger partial charge is 0.322 e. The SMILES string of the molecule is CC[C@@H](C)c1nc2ccc(Br)cc2c(=O)n1N=Cc1cc(C)n(-c2sc3c(c2C(=O)Nc2ccc(C)cc2)CCCC3)c1C. The van der Waals surface area contributed by atoms with Crippen molar-refractivity contribution in [2.75, 3.05) is 5.32 Å². The molecule has 3 heterocycles. The lowest BCUT2D eigenvalue weighted by molar-refractivity contribution is 0.102. The van der Waals surface area contributed by atoms with Crippen molar-refractivity contribution in [1.29, 1.82) is 0 Å². The molecule has 1 N–H and O–H groups in total. The number of fused-ring (bicyclic) bond motifs is 2. The van der Waals surface area contributed by atoms with Crippen molar-refractivity contribution in [1.82, 2.24) is 14.2 Å². The Morgan fingerprint density at radius 2 is 1.86 bits per heavy atom. The summed E-state index contributed by atoms with van der Waals surface area (Å²) in [6.07, 6.45) is 6.69. The molecule has 226 valence electrons. The van der Waals surface area contributed by atoms with Crippen molar-refractivity contribution in [3.8, 4) is 5.00 Å². The average molecular weight is 671 g/mol. The van der Waals surface area contributed by atoms with Crippen LogP contribution in [0.15, 0.2) is 62.9 Å². The maximum Gasteiger partial charge on any atom is 0.282 e. The Kier molecular flexibility index (Phi) is 8.44. The van der Waals surface area contributed by atoms with Crippen LogP contribution in [0.4, 0.5) is 5.69 Å². The normalized spacial score (nSPS) is 13.9. The number of nitrogens with one attached hydrogen (secondary N) is 1. The van der Waals surface area contributed by atoms with Crippen LogP contribution in [0, 0.1) is 20.8 Å². The van der Waals surface area contributed by atoms with Crippen LogP contribution in [-0.4, -0.2) is 26.3 Å². The Labute approximate surface area is 269 Å². The van der Waals surface area contributed by atoms with Gasteiger partial charge in [-0.05, 0) is 94.8 Å². The molecule has 0 fully saturated rings. The van der Waals surface area contributed by atoms with Gasteiger partial charge < -0.3 is 9.88 Å². The minimum atomic E-state index is -0.197. The standard InChI is InChI=1S/C35H36BrN5O2S/c1-6-21(3)32-39-29-16-13-25(36)18-28(29)34(43)41(32)37-19-24-17-22(4)40(23(24)5)35-31(27-9-7-8-10-30(27)44-35)33(42)38-26-14-11-20(2)12-15-26/h11-19,21H,6-10H2,1-5H3,(H,38,42)/t21-/m1/s1. The molecule has 3 aromatic heterocycles. The Morgan fingerprint density at radius 3 is 2.61 bits per heavy atom. The fourth-order valence-corrected chi connectivity index (χ4v) is 7.76. The number of benzene rings is 2. The van der Waals surface area contributed by atoms with Gasteiger partial charge in [-0.2, -0.15) is 9.78 Å². The smallest absolute Gasteiger partial charge is 0.282 e. The monoisotopic (exact) mass is 669 g/mol. The fraction of sp³-hybridized carbons (Fsp3) is 0.314. The number of thiophene rings is 1. The summed E-state index contributed by atoms with van der Waals surface area (Å²) < 4.78 is 4.43. The van der Waals surface area contributed by atoms with Crippen LogP contribution in [0.25, 0.3) is 15.9 Å². The van der Waals surface area contributed by atoms with E-state index < -0.39 is 0 Å². The molecule has 0 unspecified atom stereocenters. The highest BCUT2D eigenvalue weighted by atomic mass is 79.9. The van der Waals surface area contributed by atoms with Gasteiger partial charge >= 0.3 is 0 Å². The second-order valence-corrected chi connectivity index (χ2v) is 13.7. The molecule has 0 saturated heterocycles. The van der Waals surface area contributed by atoms with Crippen molar-refractivity contribution in [2.45, 2.75) is 72.6 Å². The molecule has 6 rings (SSSR count). The van der Waals surface area contributed by atoms with Crippen molar-refractivity contribution in [2.24, 2.45) is 5.10 Å². The van der Waals surface area contributed by atoms with Crippen molar-refractivity contribution in [3.05, 3.63) is 108 Å². The van der Waals surface area contributed by atoms with Gasteiger partial charge in [-0.1, -0.05) is 47.5 Å². The maximum absolute atomic E-state index is 13.9. The summed E-state index contributed by atoms with van der Waals surface area (Å²) >= 11 is 5.20. The molecule has 44 heavy (non-hydrogen) atoms. The molecule has 1 atom stereocenters. The number of hydrogen-bond donors (Lipinski definition) is 1. The summed E-state index contributed by atoms with van der Waals surface area (Å²) in [7, 11) is 0. The molecule has 0 radical (unpaired) electrons. The highest BCUT2D eigenvalue weighted by Gasteiger charge is 2.28. The van der Waals surface area contributed by atoms with E-state index in [-0.39, 0.29) is 17.4 Å². The summed E-state index contributed by atoms with van der Waals surface area (Å²) in [6.45, 7) is 10.3. The second kappa shape index (κ2) is 12.3. The van der Waals surface area contributed by atoms with Gasteiger partial charge in [0.05, 0.1) is 22.7 Å². The first kappa shape index (κ1) is 30.2. The summed E-state index contributed by atoms with van der Waals surface area (Å²) in [6, 6.07) is 15.5. The molecule has 2 aromatic carbocycles. The Bertz CT molecular complexity index is 1980.